The topological polar surface area (TPSA) is 111 Å². The van der Waals surface area contributed by atoms with Crippen molar-refractivity contribution in [2.24, 2.45) is 7.05 Å². The maximum Gasteiger partial charge on any atom is 0.408 e. The van der Waals surface area contributed by atoms with E-state index in [2.05, 4.69) is 5.32 Å². The van der Waals surface area contributed by atoms with E-state index in [1.54, 1.807) is 0 Å². The van der Waals surface area contributed by atoms with E-state index in [0.29, 0.717) is 16.9 Å². The fraction of sp³-hybridized carbons (Fsp3) is 0.300. The van der Waals surface area contributed by atoms with Crippen LogP contribution in [0.15, 0.2) is 70.0 Å². The number of carbonyl (C=O) groups is 2. The molecule has 1 amide bonds. The Labute approximate surface area is 219 Å². The van der Waals surface area contributed by atoms with Gasteiger partial charge in [-0.2, -0.15) is 0 Å². The van der Waals surface area contributed by atoms with Crippen molar-refractivity contribution in [2.45, 2.75) is 51.2 Å². The second kappa shape index (κ2) is 9.20. The van der Waals surface area contributed by atoms with Crippen molar-refractivity contribution in [3.8, 4) is 22.5 Å². The fourth-order valence-electron chi connectivity index (χ4n) is 5.00. The number of nitrogens with zero attached hydrogens (tertiary/aromatic N) is 1. The summed E-state index contributed by atoms with van der Waals surface area (Å²) in [5.74, 6) is -0.771. The lowest BCUT2D eigenvalue weighted by molar-refractivity contribution is 0.0377. The van der Waals surface area contributed by atoms with Crippen molar-refractivity contribution >= 4 is 23.0 Å². The Kier molecular flexibility index (Phi) is 6.13. The molecule has 2 aromatic heterocycles. The molecule has 0 aliphatic heterocycles. The zero-order valence-corrected chi connectivity index (χ0v) is 21.8. The molecule has 0 atom stereocenters. The molecule has 8 nitrogen and oxygen atoms in total. The van der Waals surface area contributed by atoms with Crippen molar-refractivity contribution in [1.82, 2.24) is 9.88 Å². The van der Waals surface area contributed by atoms with Gasteiger partial charge in [0, 0.05) is 24.4 Å². The lowest BCUT2D eigenvalue weighted by Gasteiger charge is -2.43. The van der Waals surface area contributed by atoms with Gasteiger partial charge in [-0.15, -0.1) is 0 Å². The number of carbonyl (C=O) groups excluding carboxylic acids is 1. The van der Waals surface area contributed by atoms with Gasteiger partial charge in [0.15, 0.2) is 5.58 Å². The molecule has 2 aromatic carbocycles. The highest BCUT2D eigenvalue weighted by Crippen LogP contribution is 2.44. The molecule has 8 heteroatoms. The van der Waals surface area contributed by atoms with E-state index in [-0.39, 0.29) is 22.1 Å². The number of carboxylic acids is 1. The summed E-state index contributed by atoms with van der Waals surface area (Å²) >= 11 is 0. The first-order valence-corrected chi connectivity index (χ1v) is 12.6. The maximum atomic E-state index is 13.2. The van der Waals surface area contributed by atoms with Gasteiger partial charge in [0.1, 0.15) is 16.9 Å². The highest BCUT2D eigenvalue weighted by atomic mass is 16.6. The summed E-state index contributed by atoms with van der Waals surface area (Å²) in [6, 6.07) is 16.9. The van der Waals surface area contributed by atoms with Crippen LogP contribution in [0.1, 0.15) is 56.0 Å². The summed E-state index contributed by atoms with van der Waals surface area (Å²) in [7, 11) is 1.53. The Morgan fingerprint density at radius 2 is 1.68 bits per heavy atom. The number of aromatic carboxylic acids is 1. The Bertz CT molecular complexity index is 1590. The van der Waals surface area contributed by atoms with E-state index in [9.17, 15) is 19.5 Å². The minimum absolute atomic E-state index is 0.0422. The summed E-state index contributed by atoms with van der Waals surface area (Å²) in [6.45, 7) is 5.49. The van der Waals surface area contributed by atoms with E-state index in [0.717, 1.165) is 30.4 Å². The number of hydrogen-bond acceptors (Lipinski definition) is 5. The number of ether oxygens (including phenoxy) is 1. The van der Waals surface area contributed by atoms with Crippen LogP contribution in [0.4, 0.5) is 4.79 Å². The van der Waals surface area contributed by atoms with Gasteiger partial charge in [0.25, 0.3) is 5.56 Å². The first-order valence-electron chi connectivity index (χ1n) is 12.6. The molecule has 196 valence electrons. The summed E-state index contributed by atoms with van der Waals surface area (Å²) in [5.41, 5.74) is 1.42. The zero-order chi connectivity index (χ0) is 27.2. The average Bonchev–Trinajstić information content (AvgIpc) is 3.24. The van der Waals surface area contributed by atoms with Gasteiger partial charge in [-0.3, -0.25) is 4.79 Å². The molecule has 1 aliphatic rings. The molecule has 1 aliphatic carbocycles. The number of hydrogen-bond donors (Lipinski definition) is 2. The third-order valence-corrected chi connectivity index (χ3v) is 6.95. The van der Waals surface area contributed by atoms with Crippen molar-refractivity contribution in [3.05, 3.63) is 82.3 Å². The Hall–Kier alpha value is -4.33. The van der Waals surface area contributed by atoms with E-state index in [1.807, 2.05) is 75.4 Å². The van der Waals surface area contributed by atoms with Gasteiger partial charge in [-0.25, -0.2) is 9.59 Å². The van der Waals surface area contributed by atoms with E-state index >= 15 is 0 Å². The number of rotatable bonds is 5. The van der Waals surface area contributed by atoms with E-state index in [1.165, 1.54) is 17.8 Å². The lowest BCUT2D eigenvalue weighted by Crippen LogP contribution is -2.52. The first kappa shape index (κ1) is 25.3. The van der Waals surface area contributed by atoms with Crippen molar-refractivity contribution in [2.75, 3.05) is 0 Å². The summed E-state index contributed by atoms with van der Waals surface area (Å²) in [6.07, 6.45) is 3.40. The van der Waals surface area contributed by atoms with Crippen LogP contribution in [0.25, 0.3) is 33.4 Å². The van der Waals surface area contributed by atoms with Crippen LogP contribution in [0.2, 0.25) is 0 Å². The number of furan rings is 1. The summed E-state index contributed by atoms with van der Waals surface area (Å²) < 4.78 is 12.9. The Balaban J connectivity index is 1.62. The predicted octanol–water partition coefficient (Wildman–Crippen LogP) is 6.07. The largest absolute Gasteiger partial charge is 0.477 e. The van der Waals surface area contributed by atoms with Gasteiger partial charge >= 0.3 is 12.1 Å². The number of benzene rings is 2. The lowest BCUT2D eigenvalue weighted by atomic mass is 9.71. The number of nitrogens with one attached hydrogen (secondary N) is 1. The van der Waals surface area contributed by atoms with Crippen LogP contribution in [0, 0.1) is 0 Å². The van der Waals surface area contributed by atoms with Crippen molar-refractivity contribution in [3.63, 3.8) is 0 Å². The molecule has 0 radical (unpaired) electrons. The minimum Gasteiger partial charge on any atom is -0.477 e. The molecule has 2 N–H and O–H groups in total. The van der Waals surface area contributed by atoms with Crippen LogP contribution in [0.3, 0.4) is 0 Å². The van der Waals surface area contributed by atoms with Crippen molar-refractivity contribution < 1.29 is 23.8 Å². The fourth-order valence-corrected chi connectivity index (χ4v) is 5.00. The first-order chi connectivity index (χ1) is 18.0. The molecule has 0 spiro atoms. The Morgan fingerprint density at radius 3 is 2.24 bits per heavy atom. The molecule has 4 aromatic rings. The number of carboxylic acid groups (broad SMARTS) is 1. The molecule has 2 heterocycles. The van der Waals surface area contributed by atoms with Gasteiger partial charge in [-0.05, 0) is 51.2 Å². The molecule has 1 fully saturated rings. The quantitative estimate of drug-likeness (QED) is 0.335. The van der Waals surface area contributed by atoms with Gasteiger partial charge in [-0.1, -0.05) is 54.6 Å². The standard InChI is InChI=1S/C30H30N2O6/c1-29(2,3)38-28(36)31-30(15-8-16-30)20-13-11-19(12-14-20)24-22(18-9-6-5-7-10-18)23-25(37-24)21(27(34)35)17-32(4)26(23)33/h5-7,9-14,17H,8,15-16H2,1-4H3,(H,31,36)(H,34,35). The third-order valence-electron chi connectivity index (χ3n) is 6.95. The van der Waals surface area contributed by atoms with Gasteiger partial charge < -0.3 is 24.1 Å². The number of amides is 1. The monoisotopic (exact) mass is 514 g/mol. The summed E-state index contributed by atoms with van der Waals surface area (Å²) in [5, 5.41) is 13.1. The number of pyridine rings is 1. The van der Waals surface area contributed by atoms with Crippen LogP contribution in [-0.2, 0) is 17.3 Å². The molecule has 1 saturated carbocycles. The molecular weight excluding hydrogens is 484 g/mol. The predicted molar refractivity (Wildman–Crippen MR) is 144 cm³/mol. The number of aromatic nitrogens is 1. The van der Waals surface area contributed by atoms with Gasteiger partial charge in [0.2, 0.25) is 0 Å². The van der Waals surface area contributed by atoms with Crippen LogP contribution in [-0.4, -0.2) is 27.3 Å². The normalized spacial score (nSPS) is 14.6. The highest BCUT2D eigenvalue weighted by molar-refractivity contribution is 6.08. The number of alkyl carbamates (subject to hydrolysis) is 1. The highest BCUT2D eigenvalue weighted by Gasteiger charge is 2.41. The molecule has 0 saturated heterocycles. The third kappa shape index (κ3) is 4.47. The average molecular weight is 515 g/mol. The zero-order valence-electron chi connectivity index (χ0n) is 21.8. The Morgan fingerprint density at radius 1 is 1.03 bits per heavy atom. The van der Waals surface area contributed by atoms with Crippen LogP contribution >= 0.6 is 0 Å². The van der Waals surface area contributed by atoms with E-state index < -0.39 is 23.2 Å². The molecule has 0 unspecified atom stereocenters. The smallest absolute Gasteiger partial charge is 0.408 e. The maximum absolute atomic E-state index is 13.2. The van der Waals surface area contributed by atoms with Gasteiger partial charge in [0.05, 0.1) is 10.9 Å². The number of fused-ring (bicyclic) bond motifs is 1. The summed E-state index contributed by atoms with van der Waals surface area (Å²) in [4.78, 5) is 37.8. The molecule has 38 heavy (non-hydrogen) atoms. The van der Waals surface area contributed by atoms with Crippen LogP contribution < -0.4 is 10.9 Å². The second-order valence-corrected chi connectivity index (χ2v) is 10.8. The molecule has 0 bridgehead atoms. The molecule has 5 rings (SSSR count). The van der Waals surface area contributed by atoms with Crippen molar-refractivity contribution in [1.29, 1.82) is 0 Å². The van der Waals surface area contributed by atoms with Crippen LogP contribution in [0.5, 0.6) is 0 Å². The number of aryl methyl sites for hydroxylation is 1. The molecular formula is C30H30N2O6. The minimum atomic E-state index is -1.18. The second-order valence-electron chi connectivity index (χ2n) is 10.8. The van der Waals surface area contributed by atoms with E-state index in [4.69, 9.17) is 9.15 Å². The SMILES string of the molecule is Cn1cc(C(=O)O)c2oc(-c3ccc(C4(NC(=O)OC(C)(C)C)CCC4)cc3)c(-c3ccccc3)c2c1=O.